The maximum Gasteiger partial charge on any atom is 0.291 e. The third-order valence-corrected chi connectivity index (χ3v) is 3.69. The summed E-state index contributed by atoms with van der Waals surface area (Å²) >= 11 is 0. The van der Waals surface area contributed by atoms with E-state index in [1.807, 2.05) is 13.8 Å². The summed E-state index contributed by atoms with van der Waals surface area (Å²) in [5, 5.41) is 24.4. The van der Waals surface area contributed by atoms with Gasteiger partial charge in [0.05, 0.1) is 43.0 Å². The van der Waals surface area contributed by atoms with Crippen LogP contribution in [0.3, 0.4) is 0 Å². The Bertz CT molecular complexity index is 1000. The van der Waals surface area contributed by atoms with E-state index in [4.69, 9.17) is 34.3 Å². The van der Waals surface area contributed by atoms with Gasteiger partial charge in [0.25, 0.3) is 10.8 Å². The summed E-state index contributed by atoms with van der Waals surface area (Å²) in [5.74, 6) is 1.79. The largest absolute Gasteiger partial charge is 0.493 e. The quantitative estimate of drug-likeness (QED) is 0.299. The van der Waals surface area contributed by atoms with Gasteiger partial charge in [0, 0.05) is 11.6 Å². The van der Waals surface area contributed by atoms with E-state index in [9.17, 15) is 19.7 Å². The molecule has 0 aliphatic carbocycles. The summed E-state index contributed by atoms with van der Waals surface area (Å²) in [4.78, 5) is 39.7. The van der Waals surface area contributed by atoms with E-state index in [0.29, 0.717) is 29.1 Å². The Morgan fingerprint density at radius 3 is 1.69 bits per heavy atom. The number of hydrogen-bond donors (Lipinski definition) is 1. The number of carbonyl (C=O) groups excluding carboxylic acids is 2. The van der Waals surface area contributed by atoms with E-state index in [1.165, 1.54) is 19.2 Å². The van der Waals surface area contributed by atoms with Gasteiger partial charge in [0.1, 0.15) is 6.29 Å². The maximum absolute atomic E-state index is 10.8. The van der Waals surface area contributed by atoms with Crippen molar-refractivity contribution in [2.75, 3.05) is 14.2 Å². The molecule has 192 valence electrons. The van der Waals surface area contributed by atoms with Crippen LogP contribution in [0.2, 0.25) is 0 Å². The maximum atomic E-state index is 10.8. The van der Waals surface area contributed by atoms with Crippen molar-refractivity contribution in [1.82, 2.24) is 0 Å². The SMILES string of the molecule is COc1cc(C=O)c([N+](=O)[O-])cc1OC(C)C.COc1cc(C=O)ccc1OC(C)C.O=[N+]([O-])O. The van der Waals surface area contributed by atoms with Crippen LogP contribution in [0.25, 0.3) is 0 Å². The van der Waals surface area contributed by atoms with Crippen LogP contribution in [-0.2, 0) is 0 Å². The molecule has 0 saturated heterocycles. The van der Waals surface area contributed by atoms with Gasteiger partial charge < -0.3 is 24.2 Å². The average Bonchev–Trinajstić information content (AvgIpc) is 2.78. The number of nitrogens with zero attached hydrogens (tertiary/aromatic N) is 2. The molecule has 2 aromatic rings. The molecule has 2 rings (SSSR count). The first-order chi connectivity index (χ1) is 16.4. The molecule has 0 spiro atoms. The van der Waals surface area contributed by atoms with Crippen molar-refractivity contribution >= 4 is 18.3 Å². The summed E-state index contributed by atoms with van der Waals surface area (Å²) in [7, 11) is 2.96. The highest BCUT2D eigenvalue weighted by molar-refractivity contribution is 5.83. The molecule has 0 atom stereocenters. The second-order valence-electron chi connectivity index (χ2n) is 7.04. The number of nitro benzene ring substituents is 1. The second kappa shape index (κ2) is 15.4. The molecule has 0 aliphatic rings. The van der Waals surface area contributed by atoms with Gasteiger partial charge in [-0.05, 0) is 45.9 Å². The van der Waals surface area contributed by atoms with Crippen LogP contribution >= 0.6 is 0 Å². The summed E-state index contributed by atoms with van der Waals surface area (Å²) < 4.78 is 21.0. The molecule has 0 heterocycles. The number of methoxy groups -OCH3 is 2. The van der Waals surface area contributed by atoms with Crippen LogP contribution < -0.4 is 18.9 Å². The van der Waals surface area contributed by atoms with Crippen molar-refractivity contribution in [1.29, 1.82) is 0 Å². The van der Waals surface area contributed by atoms with Gasteiger partial charge in [0.2, 0.25) is 0 Å². The topological polar surface area (TPSA) is 178 Å². The van der Waals surface area contributed by atoms with Gasteiger partial charge in [0.15, 0.2) is 29.3 Å². The molecule has 0 bridgehead atoms. The monoisotopic (exact) mass is 496 g/mol. The third-order valence-electron chi connectivity index (χ3n) is 3.69. The van der Waals surface area contributed by atoms with Gasteiger partial charge in [-0.3, -0.25) is 19.7 Å². The lowest BCUT2D eigenvalue weighted by Gasteiger charge is -2.13. The number of carbonyl (C=O) groups is 2. The molecular weight excluding hydrogens is 468 g/mol. The molecule has 13 nitrogen and oxygen atoms in total. The van der Waals surface area contributed by atoms with Crippen LogP contribution in [0.5, 0.6) is 23.0 Å². The minimum atomic E-state index is -1.50. The van der Waals surface area contributed by atoms with Crippen LogP contribution in [0.15, 0.2) is 30.3 Å². The summed E-state index contributed by atoms with van der Waals surface area (Å²) in [6, 6.07) is 7.59. The molecule has 0 amide bonds. The first-order valence-corrected chi connectivity index (χ1v) is 10.0. The Hall–Kier alpha value is -4.42. The van der Waals surface area contributed by atoms with Crippen molar-refractivity contribution in [3.05, 3.63) is 61.7 Å². The molecule has 0 fully saturated rings. The smallest absolute Gasteiger partial charge is 0.291 e. The highest BCUT2D eigenvalue weighted by atomic mass is 16.9. The lowest BCUT2D eigenvalue weighted by atomic mass is 10.1. The molecule has 0 aromatic heterocycles. The van der Waals surface area contributed by atoms with Gasteiger partial charge in [-0.25, -0.2) is 0 Å². The van der Waals surface area contributed by atoms with E-state index in [-0.39, 0.29) is 29.2 Å². The van der Waals surface area contributed by atoms with Crippen LogP contribution in [0.4, 0.5) is 5.69 Å². The number of nitro groups is 1. The van der Waals surface area contributed by atoms with Gasteiger partial charge >= 0.3 is 0 Å². The minimum Gasteiger partial charge on any atom is -0.493 e. The highest BCUT2D eigenvalue weighted by Gasteiger charge is 2.19. The Balaban J connectivity index is 0.000000581. The summed E-state index contributed by atoms with van der Waals surface area (Å²) in [6.07, 6.45) is 1.14. The van der Waals surface area contributed by atoms with Crippen molar-refractivity contribution in [3.63, 3.8) is 0 Å². The van der Waals surface area contributed by atoms with E-state index in [1.54, 1.807) is 39.2 Å². The lowest BCUT2D eigenvalue weighted by molar-refractivity contribution is -0.742. The lowest BCUT2D eigenvalue weighted by Crippen LogP contribution is -2.08. The van der Waals surface area contributed by atoms with Crippen LogP contribution in [0, 0.1) is 20.2 Å². The summed E-state index contributed by atoms with van der Waals surface area (Å²) in [6.45, 7) is 7.46. The number of aldehydes is 2. The standard InChI is InChI=1S/C11H13NO5.C11H14O3.HNO3/c1-7(2)17-11-5-9(12(14)15)8(6-13)4-10(11)16-3;1-8(2)14-10-5-4-9(7-12)6-11(10)13-3;2-1(3)4/h4-7H,1-3H3;4-8H,1-3H3;(H,2,3,4). The molecule has 0 aliphatic heterocycles. The number of ether oxygens (including phenoxy) is 4. The fourth-order valence-electron chi connectivity index (χ4n) is 2.43. The molecule has 2 aromatic carbocycles. The normalized spacial score (nSPS) is 9.60. The van der Waals surface area contributed by atoms with E-state index < -0.39 is 10.0 Å². The van der Waals surface area contributed by atoms with Crippen LogP contribution in [-0.4, -0.2) is 54.2 Å². The number of rotatable bonds is 9. The number of benzene rings is 2. The second-order valence-corrected chi connectivity index (χ2v) is 7.04. The summed E-state index contributed by atoms with van der Waals surface area (Å²) in [5.41, 5.74) is 0.248. The first-order valence-electron chi connectivity index (χ1n) is 10.0. The Morgan fingerprint density at radius 2 is 1.29 bits per heavy atom. The number of hydrogen-bond acceptors (Lipinski definition) is 10. The predicted molar refractivity (Wildman–Crippen MR) is 124 cm³/mol. The Labute approximate surface area is 201 Å². The highest BCUT2D eigenvalue weighted by Crippen LogP contribution is 2.34. The zero-order valence-electron chi connectivity index (χ0n) is 20.1. The van der Waals surface area contributed by atoms with E-state index >= 15 is 0 Å². The fourth-order valence-corrected chi connectivity index (χ4v) is 2.43. The fraction of sp³-hybridized carbons (Fsp3) is 0.364. The van der Waals surface area contributed by atoms with Crippen molar-refractivity contribution < 1.29 is 43.8 Å². The molecular formula is C22H28N2O11. The molecule has 0 saturated carbocycles. The molecule has 0 radical (unpaired) electrons. The minimum absolute atomic E-state index is 0.0389. The molecule has 35 heavy (non-hydrogen) atoms. The molecule has 0 unspecified atom stereocenters. The van der Waals surface area contributed by atoms with Crippen molar-refractivity contribution in [3.8, 4) is 23.0 Å². The Kier molecular flexibility index (Phi) is 13.5. The third kappa shape index (κ3) is 11.3. The van der Waals surface area contributed by atoms with Gasteiger partial charge in [-0.1, -0.05) is 0 Å². The van der Waals surface area contributed by atoms with Gasteiger partial charge in [-0.2, -0.15) is 0 Å². The van der Waals surface area contributed by atoms with E-state index in [0.717, 1.165) is 6.29 Å². The first kappa shape index (κ1) is 30.6. The average molecular weight is 496 g/mol. The molecule has 1 N–H and O–H groups in total. The Morgan fingerprint density at radius 1 is 0.800 bits per heavy atom. The van der Waals surface area contributed by atoms with Crippen molar-refractivity contribution in [2.45, 2.75) is 39.9 Å². The van der Waals surface area contributed by atoms with E-state index in [2.05, 4.69) is 0 Å². The van der Waals surface area contributed by atoms with Crippen molar-refractivity contribution in [2.24, 2.45) is 0 Å². The van der Waals surface area contributed by atoms with Gasteiger partial charge in [-0.15, -0.1) is 10.1 Å². The van der Waals surface area contributed by atoms with Crippen LogP contribution in [0.1, 0.15) is 48.4 Å². The predicted octanol–water partition coefficient (Wildman–Crippen LogP) is 4.15. The zero-order chi connectivity index (χ0) is 27.1. The molecule has 13 heteroatoms. The zero-order valence-corrected chi connectivity index (χ0v) is 20.1.